The molecule has 3 rings (SSSR count). The van der Waals surface area contributed by atoms with Gasteiger partial charge >= 0.3 is 0 Å². The Balaban J connectivity index is 1.84. The summed E-state index contributed by atoms with van der Waals surface area (Å²) in [4.78, 5) is 12.4. The molecule has 25 heavy (non-hydrogen) atoms. The van der Waals surface area contributed by atoms with E-state index in [1.807, 2.05) is 38.1 Å². The number of benzene rings is 2. The summed E-state index contributed by atoms with van der Waals surface area (Å²) in [5, 5.41) is 12.2. The number of anilines is 1. The van der Waals surface area contributed by atoms with E-state index in [-0.39, 0.29) is 5.57 Å². The molecule has 1 heterocycles. The molecule has 1 aliphatic rings. The molecule has 0 radical (unpaired) electrons. The number of nitriles is 1. The van der Waals surface area contributed by atoms with Crippen LogP contribution < -0.4 is 14.8 Å². The van der Waals surface area contributed by atoms with Gasteiger partial charge in [0.1, 0.15) is 24.9 Å². The van der Waals surface area contributed by atoms with E-state index in [1.54, 1.807) is 24.3 Å². The van der Waals surface area contributed by atoms with Gasteiger partial charge in [-0.2, -0.15) is 5.26 Å². The molecule has 0 spiro atoms. The minimum absolute atomic E-state index is 0.0255. The molecule has 1 N–H and O–H groups in total. The van der Waals surface area contributed by atoms with Crippen molar-refractivity contribution in [2.45, 2.75) is 13.8 Å². The van der Waals surface area contributed by atoms with Crippen LogP contribution in [0.5, 0.6) is 11.5 Å². The molecule has 2 aromatic rings. The Labute approximate surface area is 146 Å². The van der Waals surface area contributed by atoms with Crippen molar-refractivity contribution in [3.63, 3.8) is 0 Å². The lowest BCUT2D eigenvalue weighted by Crippen LogP contribution is -2.15. The lowest BCUT2D eigenvalue weighted by Gasteiger charge is -2.18. The monoisotopic (exact) mass is 334 g/mol. The van der Waals surface area contributed by atoms with Crippen molar-refractivity contribution in [1.82, 2.24) is 0 Å². The van der Waals surface area contributed by atoms with Crippen LogP contribution in [0, 0.1) is 25.2 Å². The predicted octanol–water partition coefficient (Wildman–Crippen LogP) is 3.62. The topological polar surface area (TPSA) is 71.4 Å². The highest BCUT2D eigenvalue weighted by molar-refractivity contribution is 6.10. The predicted molar refractivity (Wildman–Crippen MR) is 95.6 cm³/mol. The smallest absolute Gasteiger partial charge is 0.266 e. The number of aryl methyl sites for hydroxylation is 2. The number of nitrogens with one attached hydrogen (secondary N) is 1. The number of hydrogen-bond donors (Lipinski definition) is 1. The molecule has 0 bridgehead atoms. The summed E-state index contributed by atoms with van der Waals surface area (Å²) >= 11 is 0. The minimum Gasteiger partial charge on any atom is -0.486 e. The Kier molecular flexibility index (Phi) is 4.71. The Morgan fingerprint density at radius 3 is 2.64 bits per heavy atom. The van der Waals surface area contributed by atoms with Crippen molar-refractivity contribution in [1.29, 1.82) is 5.26 Å². The van der Waals surface area contributed by atoms with Crippen LogP contribution in [0.2, 0.25) is 0 Å². The molecular formula is C20H18N2O3. The van der Waals surface area contributed by atoms with E-state index < -0.39 is 5.91 Å². The fourth-order valence-corrected chi connectivity index (χ4v) is 2.53. The fourth-order valence-electron chi connectivity index (χ4n) is 2.53. The highest BCUT2D eigenvalue weighted by Gasteiger charge is 2.14. The first-order valence-corrected chi connectivity index (χ1v) is 7.97. The highest BCUT2D eigenvalue weighted by Crippen LogP contribution is 2.31. The Morgan fingerprint density at radius 1 is 1.12 bits per heavy atom. The summed E-state index contributed by atoms with van der Waals surface area (Å²) in [6, 6.07) is 13.1. The van der Waals surface area contributed by atoms with Crippen molar-refractivity contribution in [2.75, 3.05) is 18.5 Å². The molecule has 0 atom stereocenters. The average Bonchev–Trinajstić information content (AvgIpc) is 2.62. The van der Waals surface area contributed by atoms with Crippen molar-refractivity contribution in [3.8, 4) is 17.6 Å². The maximum atomic E-state index is 12.4. The van der Waals surface area contributed by atoms with Crippen molar-refractivity contribution >= 4 is 17.7 Å². The summed E-state index contributed by atoms with van der Waals surface area (Å²) in [5.41, 5.74) is 3.41. The van der Waals surface area contributed by atoms with E-state index in [1.165, 1.54) is 0 Å². The van der Waals surface area contributed by atoms with Crippen molar-refractivity contribution in [2.24, 2.45) is 0 Å². The first-order valence-electron chi connectivity index (χ1n) is 7.97. The van der Waals surface area contributed by atoms with Crippen LogP contribution in [0.3, 0.4) is 0 Å². The third-order valence-electron chi connectivity index (χ3n) is 3.88. The Bertz CT molecular complexity index is 894. The van der Waals surface area contributed by atoms with E-state index in [0.717, 1.165) is 11.1 Å². The molecule has 1 amide bonds. The van der Waals surface area contributed by atoms with Crippen LogP contribution in [0.1, 0.15) is 16.7 Å². The molecule has 0 unspecified atom stereocenters. The number of hydrogen-bond acceptors (Lipinski definition) is 4. The molecule has 126 valence electrons. The van der Waals surface area contributed by atoms with Gasteiger partial charge in [-0.3, -0.25) is 4.79 Å². The van der Waals surface area contributed by atoms with Gasteiger partial charge in [0.25, 0.3) is 5.91 Å². The van der Waals surface area contributed by atoms with Crippen LogP contribution in [0.4, 0.5) is 5.69 Å². The van der Waals surface area contributed by atoms with Crippen LogP contribution in [0.25, 0.3) is 6.08 Å². The molecular weight excluding hydrogens is 316 g/mol. The van der Waals surface area contributed by atoms with Gasteiger partial charge in [-0.25, -0.2) is 0 Å². The average molecular weight is 334 g/mol. The van der Waals surface area contributed by atoms with Crippen molar-refractivity contribution in [3.05, 3.63) is 58.7 Å². The van der Waals surface area contributed by atoms with Gasteiger partial charge in [-0.05, 0) is 54.8 Å². The summed E-state index contributed by atoms with van der Waals surface area (Å²) < 4.78 is 11.0. The molecule has 0 saturated heterocycles. The maximum absolute atomic E-state index is 12.4. The van der Waals surface area contributed by atoms with Gasteiger partial charge in [0.05, 0.1) is 0 Å². The van der Waals surface area contributed by atoms with E-state index in [9.17, 15) is 10.1 Å². The third-order valence-corrected chi connectivity index (χ3v) is 3.88. The second-order valence-corrected chi connectivity index (χ2v) is 5.85. The SMILES string of the molecule is Cc1ccc(C)c(NC(=O)C(C#N)=Cc2ccc3c(c2)OCCO3)c1. The maximum Gasteiger partial charge on any atom is 0.266 e. The van der Waals surface area contributed by atoms with Crippen LogP contribution in [0.15, 0.2) is 42.0 Å². The van der Waals surface area contributed by atoms with Gasteiger partial charge in [0.2, 0.25) is 0 Å². The van der Waals surface area contributed by atoms with Gasteiger partial charge < -0.3 is 14.8 Å². The molecule has 5 heteroatoms. The van der Waals surface area contributed by atoms with Gasteiger partial charge in [-0.15, -0.1) is 0 Å². The van der Waals surface area contributed by atoms with Gasteiger partial charge in [0, 0.05) is 5.69 Å². The molecule has 0 saturated carbocycles. The van der Waals surface area contributed by atoms with E-state index >= 15 is 0 Å². The third kappa shape index (κ3) is 3.81. The number of carbonyl (C=O) groups excluding carboxylic acids is 1. The summed E-state index contributed by atoms with van der Waals surface area (Å²) in [6.07, 6.45) is 1.54. The standard InChI is InChI=1S/C20H18N2O3/c1-13-3-4-14(2)17(9-13)22-20(23)16(12-21)10-15-5-6-18-19(11-15)25-8-7-24-18/h3-6,9-11H,7-8H2,1-2H3,(H,22,23). The van der Waals surface area contributed by atoms with Gasteiger partial charge in [0.15, 0.2) is 11.5 Å². The normalized spacial score (nSPS) is 13.1. The van der Waals surface area contributed by atoms with E-state index in [4.69, 9.17) is 9.47 Å². The largest absolute Gasteiger partial charge is 0.486 e. The number of fused-ring (bicyclic) bond motifs is 1. The van der Waals surface area contributed by atoms with Gasteiger partial charge in [-0.1, -0.05) is 18.2 Å². The van der Waals surface area contributed by atoms with Crippen molar-refractivity contribution < 1.29 is 14.3 Å². The number of carbonyl (C=O) groups is 1. The zero-order valence-electron chi connectivity index (χ0n) is 14.1. The molecule has 1 aliphatic heterocycles. The number of rotatable bonds is 3. The minimum atomic E-state index is -0.439. The quantitative estimate of drug-likeness (QED) is 0.687. The first-order chi connectivity index (χ1) is 12.1. The van der Waals surface area contributed by atoms with E-state index in [2.05, 4.69) is 5.32 Å². The molecule has 2 aromatic carbocycles. The summed E-state index contributed by atoms with van der Waals surface area (Å²) in [5.74, 6) is 0.847. The molecule has 0 fully saturated rings. The second-order valence-electron chi connectivity index (χ2n) is 5.85. The number of nitrogens with zero attached hydrogens (tertiary/aromatic N) is 1. The summed E-state index contributed by atoms with van der Waals surface area (Å²) in [6.45, 7) is 4.86. The lowest BCUT2D eigenvalue weighted by atomic mass is 10.1. The first kappa shape index (κ1) is 16.6. The molecule has 0 aliphatic carbocycles. The zero-order valence-corrected chi connectivity index (χ0v) is 14.1. The highest BCUT2D eigenvalue weighted by atomic mass is 16.6. The number of amides is 1. The lowest BCUT2D eigenvalue weighted by molar-refractivity contribution is -0.112. The van der Waals surface area contributed by atoms with Crippen LogP contribution in [-0.2, 0) is 4.79 Å². The molecule has 5 nitrogen and oxygen atoms in total. The zero-order chi connectivity index (χ0) is 17.8. The van der Waals surface area contributed by atoms with Crippen LogP contribution >= 0.6 is 0 Å². The Hall–Kier alpha value is -3.26. The molecule has 0 aromatic heterocycles. The Morgan fingerprint density at radius 2 is 1.88 bits per heavy atom. The van der Waals surface area contributed by atoms with Crippen LogP contribution in [-0.4, -0.2) is 19.1 Å². The summed E-state index contributed by atoms with van der Waals surface area (Å²) in [7, 11) is 0. The fraction of sp³-hybridized carbons (Fsp3) is 0.200. The second kappa shape index (κ2) is 7.10. The van der Waals surface area contributed by atoms with E-state index in [0.29, 0.717) is 36.0 Å². The number of ether oxygens (including phenoxy) is 2.